The number of urea groups is 1. The number of carbonyl (C=O) groups excluding carboxylic acids is 2. The number of carbonyl (C=O) groups is 2. The molecule has 80 valence electrons. The molecule has 1 aliphatic heterocycles. The van der Waals surface area contributed by atoms with Gasteiger partial charge in [-0.1, -0.05) is 6.92 Å². The fourth-order valence-corrected chi connectivity index (χ4v) is 1.35. The van der Waals surface area contributed by atoms with Crippen LogP contribution in [0.1, 0.15) is 19.8 Å². The average molecular weight is 199 g/mol. The lowest BCUT2D eigenvalue weighted by Gasteiger charge is -2.11. The van der Waals surface area contributed by atoms with Gasteiger partial charge in [0.05, 0.1) is 6.54 Å². The molecule has 0 aliphatic carbocycles. The Hall–Kier alpha value is -1.10. The summed E-state index contributed by atoms with van der Waals surface area (Å²) in [5.74, 6) is -0.120. The zero-order valence-electron chi connectivity index (χ0n) is 8.51. The third-order valence-corrected chi connectivity index (χ3v) is 2.10. The molecule has 0 unspecified atom stereocenters. The minimum Gasteiger partial charge on any atom is -0.329 e. The fourth-order valence-electron chi connectivity index (χ4n) is 1.35. The maximum Gasteiger partial charge on any atom is 0.324 e. The Morgan fingerprint density at radius 1 is 1.43 bits per heavy atom. The van der Waals surface area contributed by atoms with Crippen molar-refractivity contribution in [1.29, 1.82) is 0 Å². The Bertz CT molecular complexity index is 202. The Balaban J connectivity index is 2.11. The van der Waals surface area contributed by atoms with Crippen LogP contribution in [0.25, 0.3) is 0 Å². The van der Waals surface area contributed by atoms with E-state index in [1.165, 1.54) is 4.90 Å². The minimum absolute atomic E-state index is 0.120. The summed E-state index contributed by atoms with van der Waals surface area (Å²) in [7, 11) is 0. The number of amides is 3. The first kappa shape index (κ1) is 11.0. The van der Waals surface area contributed by atoms with Crippen LogP contribution in [0.2, 0.25) is 0 Å². The van der Waals surface area contributed by atoms with Crippen LogP contribution in [0, 0.1) is 0 Å². The van der Waals surface area contributed by atoms with Crippen molar-refractivity contribution >= 4 is 11.9 Å². The van der Waals surface area contributed by atoms with Gasteiger partial charge in [-0.15, -0.1) is 0 Å². The number of imide groups is 1. The van der Waals surface area contributed by atoms with Crippen LogP contribution in [0.3, 0.4) is 0 Å². The molecule has 0 atom stereocenters. The van der Waals surface area contributed by atoms with Gasteiger partial charge in [0.15, 0.2) is 0 Å². The van der Waals surface area contributed by atoms with Gasteiger partial charge in [-0.25, -0.2) is 4.79 Å². The number of rotatable bonds is 6. The molecule has 2 N–H and O–H groups in total. The maximum atomic E-state index is 11.1. The zero-order valence-corrected chi connectivity index (χ0v) is 8.51. The Labute approximate surface area is 83.8 Å². The first-order valence-corrected chi connectivity index (χ1v) is 5.04. The topological polar surface area (TPSA) is 61.4 Å². The van der Waals surface area contributed by atoms with E-state index in [2.05, 4.69) is 17.6 Å². The molecule has 0 aromatic rings. The molecule has 3 amide bonds. The first-order valence-electron chi connectivity index (χ1n) is 5.04. The van der Waals surface area contributed by atoms with Crippen molar-refractivity contribution in [3.63, 3.8) is 0 Å². The van der Waals surface area contributed by atoms with E-state index < -0.39 is 0 Å². The van der Waals surface area contributed by atoms with Crippen molar-refractivity contribution in [2.75, 3.05) is 26.2 Å². The van der Waals surface area contributed by atoms with Crippen LogP contribution in [0.15, 0.2) is 0 Å². The number of hydrogen-bond donors (Lipinski definition) is 2. The molecule has 1 rings (SSSR count). The molecule has 1 saturated heterocycles. The lowest BCUT2D eigenvalue weighted by molar-refractivity contribution is -0.125. The van der Waals surface area contributed by atoms with E-state index in [0.29, 0.717) is 6.54 Å². The summed E-state index contributed by atoms with van der Waals surface area (Å²) in [6, 6.07) is -0.259. The van der Waals surface area contributed by atoms with Crippen molar-refractivity contribution in [2.45, 2.75) is 19.8 Å². The number of nitrogens with zero attached hydrogens (tertiary/aromatic N) is 1. The van der Waals surface area contributed by atoms with Crippen LogP contribution in [-0.4, -0.2) is 43.0 Å². The normalized spacial score (nSPS) is 16.2. The van der Waals surface area contributed by atoms with Crippen molar-refractivity contribution in [3.8, 4) is 0 Å². The van der Waals surface area contributed by atoms with E-state index in [4.69, 9.17) is 0 Å². The van der Waals surface area contributed by atoms with Gasteiger partial charge in [-0.3, -0.25) is 9.69 Å². The predicted octanol–water partition coefficient (Wildman–Crippen LogP) is -0.0721. The molecule has 0 spiro atoms. The molecule has 1 aliphatic rings. The molecule has 5 heteroatoms. The van der Waals surface area contributed by atoms with Crippen LogP contribution in [-0.2, 0) is 4.79 Å². The van der Waals surface area contributed by atoms with E-state index >= 15 is 0 Å². The summed E-state index contributed by atoms with van der Waals surface area (Å²) in [5, 5.41) is 5.71. The minimum atomic E-state index is -0.259. The van der Waals surface area contributed by atoms with Gasteiger partial charge in [0.25, 0.3) is 0 Å². The quantitative estimate of drug-likeness (QED) is 0.465. The molecule has 0 bridgehead atoms. The molecule has 5 nitrogen and oxygen atoms in total. The van der Waals surface area contributed by atoms with Crippen molar-refractivity contribution < 1.29 is 9.59 Å². The van der Waals surface area contributed by atoms with Gasteiger partial charge in [-0.05, 0) is 25.9 Å². The van der Waals surface area contributed by atoms with E-state index in [9.17, 15) is 9.59 Å². The summed E-state index contributed by atoms with van der Waals surface area (Å²) in [5.41, 5.74) is 0. The molecule has 0 saturated carbocycles. The van der Waals surface area contributed by atoms with Crippen molar-refractivity contribution in [1.82, 2.24) is 15.5 Å². The maximum absolute atomic E-state index is 11.1. The van der Waals surface area contributed by atoms with E-state index in [1.54, 1.807) is 0 Å². The second-order valence-electron chi connectivity index (χ2n) is 3.31. The second-order valence-corrected chi connectivity index (χ2v) is 3.31. The van der Waals surface area contributed by atoms with Crippen molar-refractivity contribution in [3.05, 3.63) is 0 Å². The van der Waals surface area contributed by atoms with Gasteiger partial charge in [-0.2, -0.15) is 0 Å². The summed E-state index contributed by atoms with van der Waals surface area (Å²) in [6.07, 6.45) is 1.92. The standard InChI is InChI=1S/C9H17N3O2/c1-2-4-10-5-3-6-12-8(13)7-11-9(12)14/h10H,2-7H2,1H3,(H,11,14). The van der Waals surface area contributed by atoms with Crippen LogP contribution in [0.4, 0.5) is 4.79 Å². The predicted molar refractivity (Wildman–Crippen MR) is 52.9 cm³/mol. The van der Waals surface area contributed by atoms with Crippen LogP contribution < -0.4 is 10.6 Å². The van der Waals surface area contributed by atoms with E-state index in [1.807, 2.05) is 0 Å². The molecular formula is C9H17N3O2. The Morgan fingerprint density at radius 2 is 2.21 bits per heavy atom. The first-order chi connectivity index (χ1) is 6.75. The van der Waals surface area contributed by atoms with Crippen LogP contribution >= 0.6 is 0 Å². The van der Waals surface area contributed by atoms with Crippen molar-refractivity contribution in [2.24, 2.45) is 0 Å². The molecule has 0 radical (unpaired) electrons. The SMILES string of the molecule is CCCNCCCN1C(=O)CNC1=O. The summed E-state index contributed by atoms with van der Waals surface area (Å²) >= 11 is 0. The molecule has 1 heterocycles. The highest BCUT2D eigenvalue weighted by Gasteiger charge is 2.27. The molecule has 1 fully saturated rings. The Morgan fingerprint density at radius 3 is 2.79 bits per heavy atom. The molecular weight excluding hydrogens is 182 g/mol. The summed E-state index contributed by atoms with van der Waals surface area (Å²) in [4.78, 5) is 23.5. The van der Waals surface area contributed by atoms with Crippen LogP contribution in [0.5, 0.6) is 0 Å². The van der Waals surface area contributed by atoms with E-state index in [-0.39, 0.29) is 18.5 Å². The monoisotopic (exact) mass is 199 g/mol. The van der Waals surface area contributed by atoms with Gasteiger partial charge < -0.3 is 10.6 Å². The average Bonchev–Trinajstić information content (AvgIpc) is 2.48. The second kappa shape index (κ2) is 5.59. The molecule has 0 aromatic carbocycles. The van der Waals surface area contributed by atoms with Gasteiger partial charge in [0.1, 0.15) is 0 Å². The summed E-state index contributed by atoms with van der Waals surface area (Å²) in [6.45, 7) is 4.61. The third kappa shape index (κ3) is 2.99. The van der Waals surface area contributed by atoms with E-state index in [0.717, 1.165) is 25.9 Å². The zero-order chi connectivity index (χ0) is 10.4. The smallest absolute Gasteiger partial charge is 0.324 e. The molecule has 14 heavy (non-hydrogen) atoms. The lowest BCUT2D eigenvalue weighted by Crippen LogP contribution is -2.33. The third-order valence-electron chi connectivity index (χ3n) is 2.10. The fraction of sp³-hybridized carbons (Fsp3) is 0.778. The summed E-state index contributed by atoms with van der Waals surface area (Å²) < 4.78 is 0. The largest absolute Gasteiger partial charge is 0.329 e. The highest BCUT2D eigenvalue weighted by Crippen LogP contribution is 1.99. The lowest BCUT2D eigenvalue weighted by atomic mass is 10.3. The highest BCUT2D eigenvalue weighted by molar-refractivity contribution is 6.01. The number of hydrogen-bond acceptors (Lipinski definition) is 3. The number of nitrogens with one attached hydrogen (secondary N) is 2. The highest BCUT2D eigenvalue weighted by atomic mass is 16.2. The van der Waals surface area contributed by atoms with Gasteiger partial charge in [0, 0.05) is 6.54 Å². The Kier molecular flexibility index (Phi) is 4.39. The molecule has 0 aromatic heterocycles. The van der Waals surface area contributed by atoms with Gasteiger partial charge >= 0.3 is 6.03 Å². The van der Waals surface area contributed by atoms with Gasteiger partial charge in [0.2, 0.25) is 5.91 Å².